The molecule has 0 saturated heterocycles. The smallest absolute Gasteiger partial charge is 0.126 e. The number of hydrogen-bond donors (Lipinski definition) is 2. The number of ether oxygens (including phenoxy) is 2. The molecule has 0 aliphatic heterocycles. The molecule has 0 spiro atoms. The molecule has 1 aromatic carbocycles. The first-order valence-corrected chi connectivity index (χ1v) is 5.19. The van der Waals surface area contributed by atoms with Crippen LogP contribution in [0.15, 0.2) is 18.3 Å². The average molecular weight is 233 g/mol. The van der Waals surface area contributed by atoms with E-state index in [0.29, 0.717) is 5.82 Å². The Morgan fingerprint density at radius 1 is 1.18 bits per heavy atom. The van der Waals surface area contributed by atoms with Crippen molar-refractivity contribution in [3.8, 4) is 22.6 Å². The molecule has 17 heavy (non-hydrogen) atoms. The molecule has 0 fully saturated rings. The zero-order valence-corrected chi connectivity index (χ0v) is 10.1. The maximum Gasteiger partial charge on any atom is 0.126 e. The summed E-state index contributed by atoms with van der Waals surface area (Å²) in [5.41, 5.74) is 8.62. The van der Waals surface area contributed by atoms with Gasteiger partial charge >= 0.3 is 0 Å². The van der Waals surface area contributed by atoms with Gasteiger partial charge in [0.15, 0.2) is 0 Å². The lowest BCUT2D eigenvalue weighted by atomic mass is 10.0. The summed E-state index contributed by atoms with van der Waals surface area (Å²) in [5.74, 6) is 2.02. The third-order valence-electron chi connectivity index (χ3n) is 2.75. The molecule has 5 nitrogen and oxygen atoms in total. The van der Waals surface area contributed by atoms with Crippen molar-refractivity contribution in [3.63, 3.8) is 0 Å². The van der Waals surface area contributed by atoms with E-state index in [1.807, 2.05) is 19.1 Å². The van der Waals surface area contributed by atoms with Crippen LogP contribution >= 0.6 is 0 Å². The van der Waals surface area contributed by atoms with Gasteiger partial charge in [-0.25, -0.2) is 0 Å². The highest BCUT2D eigenvalue weighted by atomic mass is 16.5. The monoisotopic (exact) mass is 233 g/mol. The van der Waals surface area contributed by atoms with Gasteiger partial charge in [-0.15, -0.1) is 0 Å². The summed E-state index contributed by atoms with van der Waals surface area (Å²) in [7, 11) is 3.25. The van der Waals surface area contributed by atoms with Crippen LogP contribution in [0.25, 0.3) is 11.1 Å². The molecular formula is C12H15N3O2. The number of hydrogen-bond acceptors (Lipinski definition) is 4. The standard InChI is InChI=1S/C12H15N3O2/c1-7-9(10-6-14-15-12(10)13)4-8(16-2)5-11(7)17-3/h4-6H,1-3H3,(H3,13,14,15). The van der Waals surface area contributed by atoms with Crippen molar-refractivity contribution in [1.29, 1.82) is 0 Å². The van der Waals surface area contributed by atoms with Gasteiger partial charge < -0.3 is 15.2 Å². The van der Waals surface area contributed by atoms with Crippen molar-refractivity contribution < 1.29 is 9.47 Å². The highest BCUT2D eigenvalue weighted by Crippen LogP contribution is 2.36. The Kier molecular flexibility index (Phi) is 2.91. The largest absolute Gasteiger partial charge is 0.497 e. The summed E-state index contributed by atoms with van der Waals surface area (Å²) in [4.78, 5) is 0. The van der Waals surface area contributed by atoms with Gasteiger partial charge in [-0.3, -0.25) is 5.10 Å². The topological polar surface area (TPSA) is 73.2 Å². The Morgan fingerprint density at radius 3 is 2.47 bits per heavy atom. The summed E-state index contributed by atoms with van der Waals surface area (Å²) in [6, 6.07) is 3.76. The van der Waals surface area contributed by atoms with Crippen LogP contribution in [0.5, 0.6) is 11.5 Å². The van der Waals surface area contributed by atoms with Crippen LogP contribution in [-0.4, -0.2) is 24.4 Å². The summed E-state index contributed by atoms with van der Waals surface area (Å²) < 4.78 is 10.6. The maximum atomic E-state index is 5.82. The number of nitrogens with two attached hydrogens (primary N) is 1. The van der Waals surface area contributed by atoms with E-state index in [2.05, 4.69) is 10.2 Å². The van der Waals surface area contributed by atoms with Gasteiger partial charge in [-0.2, -0.15) is 5.10 Å². The fraction of sp³-hybridized carbons (Fsp3) is 0.250. The molecule has 90 valence electrons. The molecule has 1 heterocycles. The number of rotatable bonds is 3. The highest BCUT2D eigenvalue weighted by molar-refractivity contribution is 5.78. The molecule has 2 aromatic rings. The Hall–Kier alpha value is -2.17. The van der Waals surface area contributed by atoms with Crippen LogP contribution in [0.1, 0.15) is 5.56 Å². The van der Waals surface area contributed by atoms with E-state index < -0.39 is 0 Å². The lowest BCUT2D eigenvalue weighted by molar-refractivity contribution is 0.393. The molecule has 0 aliphatic carbocycles. The van der Waals surface area contributed by atoms with E-state index >= 15 is 0 Å². The van der Waals surface area contributed by atoms with Gasteiger partial charge in [0.2, 0.25) is 0 Å². The van der Waals surface area contributed by atoms with Crippen LogP contribution in [-0.2, 0) is 0 Å². The molecule has 0 radical (unpaired) electrons. The van der Waals surface area contributed by atoms with Crippen LogP contribution in [0, 0.1) is 6.92 Å². The fourth-order valence-corrected chi connectivity index (χ4v) is 1.78. The van der Waals surface area contributed by atoms with Gasteiger partial charge in [0.1, 0.15) is 17.3 Å². The van der Waals surface area contributed by atoms with Gasteiger partial charge in [0, 0.05) is 11.6 Å². The third-order valence-corrected chi connectivity index (χ3v) is 2.75. The quantitative estimate of drug-likeness (QED) is 0.850. The SMILES string of the molecule is COc1cc(OC)c(C)c(-c2cn[nH]c2N)c1. The second-order valence-corrected chi connectivity index (χ2v) is 3.70. The van der Waals surface area contributed by atoms with Crippen molar-refractivity contribution in [2.45, 2.75) is 6.92 Å². The van der Waals surface area contributed by atoms with Crippen molar-refractivity contribution in [2.75, 3.05) is 20.0 Å². The molecule has 0 saturated carbocycles. The summed E-state index contributed by atoms with van der Waals surface area (Å²) in [6.45, 7) is 1.97. The van der Waals surface area contributed by atoms with Crippen molar-refractivity contribution in [2.24, 2.45) is 0 Å². The lowest BCUT2D eigenvalue weighted by Gasteiger charge is -2.12. The second-order valence-electron chi connectivity index (χ2n) is 3.70. The van der Waals surface area contributed by atoms with E-state index in [1.165, 1.54) is 0 Å². The maximum absolute atomic E-state index is 5.82. The Bertz CT molecular complexity index is 535. The van der Waals surface area contributed by atoms with Crippen LogP contribution in [0.4, 0.5) is 5.82 Å². The number of anilines is 1. The highest BCUT2D eigenvalue weighted by Gasteiger charge is 2.13. The number of H-pyrrole nitrogens is 1. The number of benzene rings is 1. The molecule has 5 heteroatoms. The number of nitrogens with zero attached hydrogens (tertiary/aromatic N) is 1. The van der Waals surface area contributed by atoms with E-state index in [9.17, 15) is 0 Å². The van der Waals surface area contributed by atoms with Crippen LogP contribution in [0.3, 0.4) is 0 Å². The normalized spacial score (nSPS) is 10.3. The third kappa shape index (κ3) is 1.91. The molecule has 0 aliphatic rings. The molecule has 3 N–H and O–H groups in total. The first kappa shape index (κ1) is 11.3. The Balaban J connectivity index is 2.64. The molecule has 0 atom stereocenters. The van der Waals surface area contributed by atoms with E-state index in [-0.39, 0.29) is 0 Å². The number of methoxy groups -OCH3 is 2. The van der Waals surface area contributed by atoms with Crippen LogP contribution < -0.4 is 15.2 Å². The van der Waals surface area contributed by atoms with Crippen LogP contribution in [0.2, 0.25) is 0 Å². The van der Waals surface area contributed by atoms with Crippen molar-refractivity contribution in [1.82, 2.24) is 10.2 Å². The number of nitrogens with one attached hydrogen (secondary N) is 1. The predicted molar refractivity (Wildman–Crippen MR) is 66.3 cm³/mol. The zero-order valence-electron chi connectivity index (χ0n) is 10.1. The van der Waals surface area contributed by atoms with E-state index in [4.69, 9.17) is 15.2 Å². The molecule has 2 rings (SSSR count). The number of aromatic nitrogens is 2. The minimum atomic E-state index is 0.531. The summed E-state index contributed by atoms with van der Waals surface area (Å²) in [6.07, 6.45) is 1.69. The van der Waals surface area contributed by atoms with E-state index in [0.717, 1.165) is 28.2 Å². The van der Waals surface area contributed by atoms with Gasteiger partial charge in [0.05, 0.1) is 20.4 Å². The molecule has 0 bridgehead atoms. The molecular weight excluding hydrogens is 218 g/mol. The molecule has 0 unspecified atom stereocenters. The zero-order chi connectivity index (χ0) is 12.4. The number of nitrogen functional groups attached to an aromatic ring is 1. The fourth-order valence-electron chi connectivity index (χ4n) is 1.78. The minimum Gasteiger partial charge on any atom is -0.497 e. The van der Waals surface area contributed by atoms with Gasteiger partial charge in [-0.05, 0) is 24.1 Å². The minimum absolute atomic E-state index is 0.531. The van der Waals surface area contributed by atoms with Gasteiger partial charge in [0.25, 0.3) is 0 Å². The Morgan fingerprint density at radius 2 is 1.94 bits per heavy atom. The summed E-state index contributed by atoms with van der Waals surface area (Å²) >= 11 is 0. The summed E-state index contributed by atoms with van der Waals surface area (Å²) in [5, 5.41) is 6.63. The molecule has 1 aromatic heterocycles. The second kappa shape index (κ2) is 4.37. The average Bonchev–Trinajstić information content (AvgIpc) is 2.76. The van der Waals surface area contributed by atoms with E-state index in [1.54, 1.807) is 20.4 Å². The predicted octanol–water partition coefficient (Wildman–Crippen LogP) is 1.98. The van der Waals surface area contributed by atoms with Crippen molar-refractivity contribution >= 4 is 5.82 Å². The first-order chi connectivity index (χ1) is 8.17. The first-order valence-electron chi connectivity index (χ1n) is 5.19. The Labute approximate surface area is 99.5 Å². The van der Waals surface area contributed by atoms with Gasteiger partial charge in [-0.1, -0.05) is 0 Å². The van der Waals surface area contributed by atoms with Crippen molar-refractivity contribution in [3.05, 3.63) is 23.9 Å². The number of aromatic amines is 1. The lowest BCUT2D eigenvalue weighted by Crippen LogP contribution is -1.95. The molecule has 0 amide bonds.